The number of carbonyl (C=O) groups excluding carboxylic acids is 3. The van der Waals surface area contributed by atoms with E-state index in [0.29, 0.717) is 5.75 Å². The highest BCUT2D eigenvalue weighted by molar-refractivity contribution is 5.85. The number of hydrogen-bond acceptors (Lipinski definition) is 7. The van der Waals surface area contributed by atoms with Crippen LogP contribution in [0.15, 0.2) is 24.3 Å². The van der Waals surface area contributed by atoms with Crippen molar-refractivity contribution in [3.63, 3.8) is 0 Å². The van der Waals surface area contributed by atoms with Crippen molar-refractivity contribution >= 4 is 17.8 Å². The number of esters is 2. The zero-order valence-corrected chi connectivity index (χ0v) is 16.4. The molecule has 150 valence electrons. The fraction of sp³-hybridized carbons (Fsp3) is 0.526. The maximum Gasteiger partial charge on any atom is 0.337 e. The van der Waals surface area contributed by atoms with E-state index in [1.54, 1.807) is 45.0 Å². The second-order valence-electron chi connectivity index (χ2n) is 6.84. The van der Waals surface area contributed by atoms with Crippen LogP contribution in [0.25, 0.3) is 0 Å². The molecule has 1 aromatic carbocycles. The van der Waals surface area contributed by atoms with Crippen molar-refractivity contribution in [1.82, 2.24) is 5.32 Å². The Bertz CT molecular complexity index is 634. The van der Waals surface area contributed by atoms with Crippen LogP contribution in [0.5, 0.6) is 5.75 Å². The molecule has 1 N–H and O–H groups in total. The van der Waals surface area contributed by atoms with Crippen LogP contribution in [0.4, 0.5) is 0 Å². The number of ether oxygens (including phenoxy) is 4. The molecule has 27 heavy (non-hydrogen) atoms. The maximum absolute atomic E-state index is 12.4. The third-order valence-electron chi connectivity index (χ3n) is 3.16. The minimum atomic E-state index is -0.867. The molecule has 0 heterocycles. The normalized spacial score (nSPS) is 12.2. The van der Waals surface area contributed by atoms with Crippen LogP contribution >= 0.6 is 0 Å². The molecule has 0 fully saturated rings. The minimum Gasteiger partial charge on any atom is -0.458 e. The molecule has 1 atom stereocenters. The number of rotatable bonds is 9. The first-order valence-electron chi connectivity index (χ1n) is 8.44. The van der Waals surface area contributed by atoms with Gasteiger partial charge in [0.05, 0.1) is 0 Å². The summed E-state index contributed by atoms with van der Waals surface area (Å²) in [5, 5.41) is 2.61. The van der Waals surface area contributed by atoms with Crippen molar-refractivity contribution in [1.29, 1.82) is 0 Å². The second-order valence-corrected chi connectivity index (χ2v) is 6.84. The van der Waals surface area contributed by atoms with Gasteiger partial charge in [0.15, 0.2) is 0 Å². The summed E-state index contributed by atoms with van der Waals surface area (Å²) < 4.78 is 19.9. The smallest absolute Gasteiger partial charge is 0.337 e. The van der Waals surface area contributed by atoms with E-state index in [-0.39, 0.29) is 19.6 Å². The SMILES string of the molecule is COCC(=O)N[C@H](Cc1ccc(OC(=O)COC)cc1)C(=O)OC(C)(C)C. The second kappa shape index (κ2) is 10.6. The number of benzene rings is 1. The summed E-state index contributed by atoms with van der Waals surface area (Å²) >= 11 is 0. The van der Waals surface area contributed by atoms with Crippen LogP contribution in [0.2, 0.25) is 0 Å². The Labute approximate surface area is 159 Å². The monoisotopic (exact) mass is 381 g/mol. The molecular formula is C19H27NO7. The summed E-state index contributed by atoms with van der Waals surface area (Å²) in [6, 6.07) is 5.75. The summed E-state index contributed by atoms with van der Waals surface area (Å²) in [6.45, 7) is 4.95. The van der Waals surface area contributed by atoms with Crippen LogP contribution in [0, 0.1) is 0 Å². The van der Waals surface area contributed by atoms with Crippen molar-refractivity contribution in [2.24, 2.45) is 0 Å². The lowest BCUT2D eigenvalue weighted by Crippen LogP contribution is -2.46. The summed E-state index contributed by atoms with van der Waals surface area (Å²) in [4.78, 5) is 35.7. The van der Waals surface area contributed by atoms with Gasteiger partial charge in [-0.2, -0.15) is 0 Å². The predicted octanol–water partition coefficient (Wildman–Crippen LogP) is 1.25. The molecule has 8 nitrogen and oxygen atoms in total. The highest BCUT2D eigenvalue weighted by atomic mass is 16.6. The first-order chi connectivity index (χ1) is 12.6. The molecule has 1 amide bonds. The number of carbonyl (C=O) groups is 3. The van der Waals surface area contributed by atoms with E-state index in [1.165, 1.54) is 14.2 Å². The lowest BCUT2D eigenvalue weighted by molar-refractivity contribution is -0.158. The maximum atomic E-state index is 12.4. The molecule has 0 radical (unpaired) electrons. The summed E-state index contributed by atoms with van der Waals surface area (Å²) in [6.07, 6.45) is 0.219. The predicted molar refractivity (Wildman–Crippen MR) is 97.3 cm³/mol. The van der Waals surface area contributed by atoms with E-state index in [9.17, 15) is 14.4 Å². The number of nitrogens with one attached hydrogen (secondary N) is 1. The molecule has 0 aliphatic rings. The highest BCUT2D eigenvalue weighted by Gasteiger charge is 2.27. The van der Waals surface area contributed by atoms with Crippen molar-refractivity contribution in [2.45, 2.75) is 38.8 Å². The van der Waals surface area contributed by atoms with Crippen LogP contribution in [-0.4, -0.2) is 56.9 Å². The quantitative estimate of drug-likeness (QED) is 0.508. The fourth-order valence-corrected chi connectivity index (χ4v) is 2.14. The van der Waals surface area contributed by atoms with Crippen molar-refractivity contribution < 1.29 is 33.3 Å². The minimum absolute atomic E-state index is 0.145. The van der Waals surface area contributed by atoms with Gasteiger partial charge in [-0.05, 0) is 38.5 Å². The Morgan fingerprint density at radius 3 is 2.11 bits per heavy atom. The van der Waals surface area contributed by atoms with E-state index in [0.717, 1.165) is 5.56 Å². The third-order valence-corrected chi connectivity index (χ3v) is 3.16. The zero-order valence-electron chi connectivity index (χ0n) is 16.4. The van der Waals surface area contributed by atoms with Gasteiger partial charge in [-0.15, -0.1) is 0 Å². The Morgan fingerprint density at radius 2 is 1.59 bits per heavy atom. The van der Waals surface area contributed by atoms with Crippen LogP contribution in [-0.2, 0) is 35.0 Å². The number of hydrogen-bond donors (Lipinski definition) is 1. The van der Waals surface area contributed by atoms with E-state index in [4.69, 9.17) is 18.9 Å². The van der Waals surface area contributed by atoms with Crippen molar-refractivity contribution in [2.75, 3.05) is 27.4 Å². The number of methoxy groups -OCH3 is 2. The zero-order chi connectivity index (χ0) is 20.4. The van der Waals surface area contributed by atoms with Crippen LogP contribution in [0.3, 0.4) is 0 Å². The first-order valence-corrected chi connectivity index (χ1v) is 8.44. The molecular weight excluding hydrogens is 354 g/mol. The molecule has 1 rings (SSSR count). The molecule has 0 saturated carbocycles. The average molecular weight is 381 g/mol. The van der Waals surface area contributed by atoms with Gasteiger partial charge in [0.25, 0.3) is 0 Å². The van der Waals surface area contributed by atoms with E-state index >= 15 is 0 Å². The number of amides is 1. The molecule has 0 saturated heterocycles. The fourth-order valence-electron chi connectivity index (χ4n) is 2.14. The van der Waals surface area contributed by atoms with Gasteiger partial charge in [0, 0.05) is 20.6 Å². The largest absolute Gasteiger partial charge is 0.458 e. The lowest BCUT2D eigenvalue weighted by Gasteiger charge is -2.24. The van der Waals surface area contributed by atoms with Gasteiger partial charge < -0.3 is 24.3 Å². The highest BCUT2D eigenvalue weighted by Crippen LogP contribution is 2.16. The van der Waals surface area contributed by atoms with E-state index in [1.807, 2.05) is 0 Å². The molecule has 0 aliphatic heterocycles. The van der Waals surface area contributed by atoms with Gasteiger partial charge in [-0.1, -0.05) is 12.1 Å². The van der Waals surface area contributed by atoms with Gasteiger partial charge in [0.2, 0.25) is 5.91 Å². The topological polar surface area (TPSA) is 100 Å². The molecule has 8 heteroatoms. The lowest BCUT2D eigenvalue weighted by atomic mass is 10.1. The summed E-state index contributed by atoms with van der Waals surface area (Å²) in [5.41, 5.74) is 0.0795. The summed E-state index contributed by atoms with van der Waals surface area (Å²) in [7, 11) is 2.80. The molecule has 0 aliphatic carbocycles. The van der Waals surface area contributed by atoms with Gasteiger partial charge in [-0.25, -0.2) is 9.59 Å². The van der Waals surface area contributed by atoms with Gasteiger partial charge >= 0.3 is 11.9 Å². The molecule has 1 aromatic rings. The standard InChI is InChI=1S/C19H27NO7/c1-19(2,3)27-18(23)15(20-16(21)11-24-4)10-13-6-8-14(9-7-13)26-17(22)12-25-5/h6-9,15H,10-12H2,1-5H3,(H,20,21)/t15-/m1/s1. The summed E-state index contributed by atoms with van der Waals surface area (Å²) in [5.74, 6) is -1.11. The molecule has 0 unspecified atom stereocenters. The Kier molecular flexibility index (Phi) is 8.90. The molecule has 0 aromatic heterocycles. The van der Waals surface area contributed by atoms with Crippen LogP contribution < -0.4 is 10.1 Å². The Hall–Kier alpha value is -2.45. The van der Waals surface area contributed by atoms with Crippen molar-refractivity contribution in [3.05, 3.63) is 29.8 Å². The van der Waals surface area contributed by atoms with E-state index < -0.39 is 29.5 Å². The Balaban J connectivity index is 2.82. The average Bonchev–Trinajstić information content (AvgIpc) is 2.55. The Morgan fingerprint density at radius 1 is 1.00 bits per heavy atom. The van der Waals surface area contributed by atoms with Crippen molar-refractivity contribution in [3.8, 4) is 5.75 Å². The molecule has 0 bridgehead atoms. The van der Waals surface area contributed by atoms with E-state index in [2.05, 4.69) is 5.32 Å². The third kappa shape index (κ3) is 9.16. The van der Waals surface area contributed by atoms with Crippen LogP contribution in [0.1, 0.15) is 26.3 Å². The van der Waals surface area contributed by atoms with Gasteiger partial charge in [0.1, 0.15) is 30.6 Å². The van der Waals surface area contributed by atoms with Gasteiger partial charge in [-0.3, -0.25) is 4.79 Å². The molecule has 0 spiro atoms. The first kappa shape index (κ1) is 22.6.